The lowest BCUT2D eigenvalue weighted by Crippen LogP contribution is -2.50. The topological polar surface area (TPSA) is 97.6 Å². The number of hydrogen-bond acceptors (Lipinski definition) is 6. The Labute approximate surface area is 159 Å². The van der Waals surface area contributed by atoms with Gasteiger partial charge >= 0.3 is 5.97 Å². The molecule has 1 aromatic carbocycles. The van der Waals surface area contributed by atoms with Crippen molar-refractivity contribution >= 4 is 18.0 Å². The quantitative estimate of drug-likeness (QED) is 0.527. The van der Waals surface area contributed by atoms with Crippen LogP contribution in [0.5, 0.6) is 11.5 Å². The lowest BCUT2D eigenvalue weighted by Gasteiger charge is -2.27. The Balaban J connectivity index is 2.62. The van der Waals surface area contributed by atoms with Crippen molar-refractivity contribution in [2.75, 3.05) is 20.3 Å². The normalized spacial score (nSPS) is 12.9. The monoisotopic (exact) mass is 374 g/mol. The Morgan fingerprint density at radius 2 is 2.04 bits per heavy atom. The molecule has 0 aromatic heterocycles. The molecule has 1 amide bonds. The molecule has 0 aliphatic rings. The van der Waals surface area contributed by atoms with Crippen LogP contribution in [0.2, 0.25) is 0 Å². The molecule has 0 bridgehead atoms. The van der Waals surface area contributed by atoms with Crippen LogP contribution < -0.4 is 14.8 Å². The van der Waals surface area contributed by atoms with E-state index in [4.69, 9.17) is 14.2 Å². The van der Waals surface area contributed by atoms with Crippen molar-refractivity contribution in [2.45, 2.75) is 33.2 Å². The minimum absolute atomic E-state index is 0.0864. The van der Waals surface area contributed by atoms with Crippen LogP contribution in [0.4, 0.5) is 0 Å². The number of nitriles is 1. The smallest absolute Gasteiger partial charge is 0.331 e. The highest BCUT2D eigenvalue weighted by atomic mass is 16.5. The second-order valence-corrected chi connectivity index (χ2v) is 6.30. The van der Waals surface area contributed by atoms with Gasteiger partial charge in [-0.05, 0) is 43.5 Å². The van der Waals surface area contributed by atoms with E-state index in [1.165, 1.54) is 13.2 Å². The lowest BCUT2D eigenvalue weighted by atomic mass is 9.90. The van der Waals surface area contributed by atoms with Gasteiger partial charge in [-0.15, -0.1) is 0 Å². The zero-order valence-electron chi connectivity index (χ0n) is 16.4. The van der Waals surface area contributed by atoms with Gasteiger partial charge in [0.2, 0.25) is 0 Å². The Hall–Kier alpha value is -3.01. The van der Waals surface area contributed by atoms with Crippen molar-refractivity contribution in [3.05, 3.63) is 29.8 Å². The Morgan fingerprint density at radius 1 is 1.33 bits per heavy atom. The standard InChI is InChI=1S/C20H26N2O5/c1-6-26-16-9-7-15(11-17(16)25-5)8-10-19(24)27-12-18(23)22-20(4,13-21)14(2)3/h7-11,14H,6,12H2,1-5H3,(H,22,23)/b10-8+/t20-/m0/s1. The van der Waals surface area contributed by atoms with Crippen LogP contribution in [0, 0.1) is 17.2 Å². The van der Waals surface area contributed by atoms with Crippen LogP contribution in [0.25, 0.3) is 6.08 Å². The molecule has 27 heavy (non-hydrogen) atoms. The summed E-state index contributed by atoms with van der Waals surface area (Å²) in [5.41, 5.74) is -0.299. The van der Waals surface area contributed by atoms with E-state index in [0.717, 1.165) is 0 Å². The number of nitrogens with zero attached hydrogens (tertiary/aromatic N) is 1. The average molecular weight is 374 g/mol. The second-order valence-electron chi connectivity index (χ2n) is 6.30. The number of carbonyl (C=O) groups is 2. The first-order valence-corrected chi connectivity index (χ1v) is 8.63. The van der Waals surface area contributed by atoms with E-state index in [0.29, 0.717) is 23.7 Å². The fourth-order valence-electron chi connectivity index (χ4n) is 2.04. The minimum atomic E-state index is -1.02. The van der Waals surface area contributed by atoms with Crippen molar-refractivity contribution in [3.8, 4) is 17.6 Å². The molecule has 0 unspecified atom stereocenters. The van der Waals surface area contributed by atoms with E-state index >= 15 is 0 Å². The van der Waals surface area contributed by atoms with Crippen molar-refractivity contribution in [1.29, 1.82) is 5.26 Å². The third kappa shape index (κ3) is 6.66. The third-order valence-electron chi connectivity index (χ3n) is 4.03. The summed E-state index contributed by atoms with van der Waals surface area (Å²) in [6, 6.07) is 7.30. The largest absolute Gasteiger partial charge is 0.493 e. The maximum atomic E-state index is 11.9. The minimum Gasteiger partial charge on any atom is -0.493 e. The predicted octanol–water partition coefficient (Wildman–Crippen LogP) is 2.70. The van der Waals surface area contributed by atoms with E-state index < -0.39 is 24.0 Å². The van der Waals surface area contributed by atoms with Gasteiger partial charge < -0.3 is 19.5 Å². The first-order valence-electron chi connectivity index (χ1n) is 8.63. The van der Waals surface area contributed by atoms with Crippen molar-refractivity contribution in [2.24, 2.45) is 5.92 Å². The van der Waals surface area contributed by atoms with Crippen molar-refractivity contribution < 1.29 is 23.8 Å². The predicted molar refractivity (Wildman–Crippen MR) is 101 cm³/mol. The molecule has 7 nitrogen and oxygen atoms in total. The molecule has 0 fully saturated rings. The molecule has 1 rings (SSSR count). The SMILES string of the molecule is CCOc1ccc(/C=C/C(=O)OCC(=O)N[C@@](C)(C#N)C(C)C)cc1OC. The molecule has 0 heterocycles. The summed E-state index contributed by atoms with van der Waals surface area (Å²) in [6.07, 6.45) is 2.76. The van der Waals surface area contributed by atoms with Gasteiger partial charge in [-0.2, -0.15) is 5.26 Å². The van der Waals surface area contributed by atoms with E-state index in [1.807, 2.05) is 20.8 Å². The van der Waals surface area contributed by atoms with Gasteiger partial charge in [0.15, 0.2) is 18.1 Å². The average Bonchev–Trinajstić information content (AvgIpc) is 2.65. The molecule has 1 N–H and O–H groups in total. The molecule has 0 spiro atoms. The molecule has 0 saturated heterocycles. The number of nitrogens with one attached hydrogen (secondary N) is 1. The number of rotatable bonds is 9. The summed E-state index contributed by atoms with van der Waals surface area (Å²) in [4.78, 5) is 23.7. The van der Waals surface area contributed by atoms with Crippen LogP contribution >= 0.6 is 0 Å². The molecule has 7 heteroatoms. The fourth-order valence-corrected chi connectivity index (χ4v) is 2.04. The zero-order valence-corrected chi connectivity index (χ0v) is 16.4. The summed E-state index contributed by atoms with van der Waals surface area (Å²) < 4.78 is 15.6. The van der Waals surface area contributed by atoms with E-state index in [1.54, 1.807) is 31.2 Å². The zero-order chi connectivity index (χ0) is 20.4. The van der Waals surface area contributed by atoms with Crippen LogP contribution in [0.3, 0.4) is 0 Å². The van der Waals surface area contributed by atoms with Gasteiger partial charge in [-0.3, -0.25) is 4.79 Å². The molecule has 0 radical (unpaired) electrons. The van der Waals surface area contributed by atoms with Gasteiger partial charge in [0.05, 0.1) is 19.8 Å². The first-order chi connectivity index (χ1) is 12.8. The van der Waals surface area contributed by atoms with Gasteiger partial charge in [-0.1, -0.05) is 19.9 Å². The first kappa shape index (κ1) is 22.0. The van der Waals surface area contributed by atoms with Gasteiger partial charge in [0.1, 0.15) is 5.54 Å². The van der Waals surface area contributed by atoms with Crippen LogP contribution in [0.1, 0.15) is 33.3 Å². The van der Waals surface area contributed by atoms with Crippen molar-refractivity contribution in [3.63, 3.8) is 0 Å². The molecule has 1 aromatic rings. The number of carbonyl (C=O) groups excluding carboxylic acids is 2. The van der Waals surface area contributed by atoms with E-state index in [9.17, 15) is 14.9 Å². The molecule has 146 valence electrons. The Bertz CT molecular complexity index is 736. The number of amides is 1. The highest BCUT2D eigenvalue weighted by molar-refractivity contribution is 5.89. The number of esters is 1. The summed E-state index contributed by atoms with van der Waals surface area (Å²) in [6.45, 7) is 7.20. The molecule has 0 saturated carbocycles. The van der Waals surface area contributed by atoms with Gasteiger partial charge in [0, 0.05) is 6.08 Å². The number of benzene rings is 1. The Morgan fingerprint density at radius 3 is 2.59 bits per heavy atom. The maximum absolute atomic E-state index is 11.9. The van der Waals surface area contributed by atoms with Crippen LogP contribution in [0.15, 0.2) is 24.3 Å². The number of methoxy groups -OCH3 is 1. The number of hydrogen-bond donors (Lipinski definition) is 1. The van der Waals surface area contributed by atoms with E-state index in [-0.39, 0.29) is 5.92 Å². The van der Waals surface area contributed by atoms with Crippen LogP contribution in [-0.2, 0) is 14.3 Å². The lowest BCUT2D eigenvalue weighted by molar-refractivity contribution is -0.144. The maximum Gasteiger partial charge on any atom is 0.331 e. The Kier molecular flexibility index (Phi) is 8.34. The third-order valence-corrected chi connectivity index (χ3v) is 4.03. The molecule has 0 aliphatic carbocycles. The highest BCUT2D eigenvalue weighted by Crippen LogP contribution is 2.28. The molecular weight excluding hydrogens is 348 g/mol. The number of ether oxygens (including phenoxy) is 3. The second kappa shape index (κ2) is 10.2. The molecule has 0 aliphatic heterocycles. The molecule has 1 atom stereocenters. The summed E-state index contributed by atoms with van der Waals surface area (Å²) in [5, 5.41) is 11.8. The summed E-state index contributed by atoms with van der Waals surface area (Å²) >= 11 is 0. The molecular formula is C20H26N2O5. The van der Waals surface area contributed by atoms with Crippen molar-refractivity contribution in [1.82, 2.24) is 5.32 Å². The summed E-state index contributed by atoms with van der Waals surface area (Å²) in [7, 11) is 1.53. The highest BCUT2D eigenvalue weighted by Gasteiger charge is 2.30. The van der Waals surface area contributed by atoms with Gasteiger partial charge in [-0.25, -0.2) is 4.79 Å². The summed E-state index contributed by atoms with van der Waals surface area (Å²) in [5.74, 6) is -0.117. The fraction of sp³-hybridized carbons (Fsp3) is 0.450. The van der Waals surface area contributed by atoms with E-state index in [2.05, 4.69) is 11.4 Å². The van der Waals surface area contributed by atoms with Crippen LogP contribution in [-0.4, -0.2) is 37.7 Å². The van der Waals surface area contributed by atoms with Gasteiger partial charge in [0.25, 0.3) is 5.91 Å².